The normalized spacial score (nSPS) is 10.6. The maximum absolute atomic E-state index is 12.2. The molecule has 0 aliphatic carbocycles. The summed E-state index contributed by atoms with van der Waals surface area (Å²) in [5.74, 6) is -0.809. The number of nitrogens with one attached hydrogen (secondary N) is 2. The van der Waals surface area contributed by atoms with Crippen LogP contribution in [0.2, 0.25) is 0 Å². The van der Waals surface area contributed by atoms with Gasteiger partial charge in [0.2, 0.25) is 0 Å². The average molecular weight is 429 g/mol. The molecule has 3 aromatic carbocycles. The molecule has 32 heavy (non-hydrogen) atoms. The summed E-state index contributed by atoms with van der Waals surface area (Å²) in [6.07, 6.45) is 1.45. The van der Waals surface area contributed by atoms with Gasteiger partial charge in [-0.3, -0.25) is 9.59 Å². The van der Waals surface area contributed by atoms with Crippen molar-refractivity contribution in [3.05, 3.63) is 101 Å². The van der Waals surface area contributed by atoms with E-state index in [1.807, 2.05) is 32.0 Å². The molecule has 0 aromatic heterocycles. The van der Waals surface area contributed by atoms with Crippen LogP contribution in [0.1, 0.15) is 37.4 Å². The molecule has 2 N–H and O–H groups in total. The lowest BCUT2D eigenvalue weighted by molar-refractivity contribution is -0.120. The van der Waals surface area contributed by atoms with Gasteiger partial charge in [0.25, 0.3) is 11.8 Å². The number of hydrogen-bond donors (Lipinski definition) is 2. The molecule has 0 saturated carbocycles. The number of carbonyl (C=O) groups is 3. The van der Waals surface area contributed by atoms with Crippen LogP contribution in [0, 0.1) is 13.8 Å². The van der Waals surface area contributed by atoms with E-state index in [0.717, 1.165) is 11.1 Å². The van der Waals surface area contributed by atoms with Crippen LogP contribution in [0.4, 0.5) is 0 Å². The first-order chi connectivity index (χ1) is 15.4. The highest BCUT2D eigenvalue weighted by Gasteiger charge is 2.10. The predicted molar refractivity (Wildman–Crippen MR) is 122 cm³/mol. The number of hydrazone groups is 1. The molecule has 0 spiro atoms. The molecule has 0 bridgehead atoms. The van der Waals surface area contributed by atoms with Crippen molar-refractivity contribution in [2.24, 2.45) is 5.10 Å². The van der Waals surface area contributed by atoms with Crippen molar-refractivity contribution in [3.63, 3.8) is 0 Å². The minimum absolute atomic E-state index is 0.196. The topological polar surface area (TPSA) is 96.9 Å². The molecule has 2 amide bonds. The molecule has 7 nitrogen and oxygen atoms in total. The largest absolute Gasteiger partial charge is 0.423 e. The van der Waals surface area contributed by atoms with Crippen molar-refractivity contribution >= 4 is 24.0 Å². The lowest BCUT2D eigenvalue weighted by atomic mass is 10.1. The Bertz CT molecular complexity index is 1150. The highest BCUT2D eigenvalue weighted by atomic mass is 16.5. The van der Waals surface area contributed by atoms with Gasteiger partial charge >= 0.3 is 5.97 Å². The van der Waals surface area contributed by atoms with Crippen LogP contribution in [0.15, 0.2) is 77.9 Å². The maximum Gasteiger partial charge on any atom is 0.343 e. The number of nitrogens with zero attached hydrogens (tertiary/aromatic N) is 1. The van der Waals surface area contributed by atoms with Crippen molar-refractivity contribution in [2.75, 3.05) is 6.54 Å². The van der Waals surface area contributed by atoms with Crippen molar-refractivity contribution in [2.45, 2.75) is 13.8 Å². The molecule has 3 rings (SSSR count). The first-order valence-corrected chi connectivity index (χ1v) is 9.97. The molecule has 0 fully saturated rings. The van der Waals surface area contributed by atoms with Gasteiger partial charge in [-0.25, -0.2) is 10.2 Å². The second kappa shape index (κ2) is 10.7. The minimum atomic E-state index is -0.452. The third kappa shape index (κ3) is 6.37. The van der Waals surface area contributed by atoms with Crippen molar-refractivity contribution in [1.29, 1.82) is 0 Å². The molecule has 3 aromatic rings. The Labute approximate surface area is 186 Å². The van der Waals surface area contributed by atoms with Gasteiger partial charge < -0.3 is 10.1 Å². The van der Waals surface area contributed by atoms with E-state index in [1.54, 1.807) is 54.6 Å². The van der Waals surface area contributed by atoms with Gasteiger partial charge in [0, 0.05) is 5.56 Å². The first kappa shape index (κ1) is 22.4. The summed E-state index contributed by atoms with van der Waals surface area (Å²) in [4.78, 5) is 36.2. The summed E-state index contributed by atoms with van der Waals surface area (Å²) in [7, 11) is 0. The zero-order valence-electron chi connectivity index (χ0n) is 17.8. The Morgan fingerprint density at radius 3 is 2.41 bits per heavy atom. The predicted octanol–water partition coefficient (Wildman–Crippen LogP) is 3.40. The van der Waals surface area contributed by atoms with E-state index in [1.165, 1.54) is 6.21 Å². The second-order valence-electron chi connectivity index (χ2n) is 7.12. The standard InChI is InChI=1S/C25H23N3O4/c1-17-6-5-8-20(14-17)25(31)32-21-12-10-19(11-13-21)15-27-28-23(29)16-26-24(30)22-9-4-3-7-18(22)2/h3-15H,16H2,1-2H3,(H,26,30)(H,28,29)/b27-15-. The van der Waals surface area contributed by atoms with Crippen LogP contribution < -0.4 is 15.5 Å². The third-order valence-corrected chi connectivity index (χ3v) is 4.55. The van der Waals surface area contributed by atoms with Crippen molar-refractivity contribution in [3.8, 4) is 5.75 Å². The Morgan fingerprint density at radius 1 is 0.938 bits per heavy atom. The smallest absolute Gasteiger partial charge is 0.343 e. The van der Waals surface area contributed by atoms with E-state index >= 15 is 0 Å². The Balaban J connectivity index is 1.46. The molecule has 0 atom stereocenters. The second-order valence-corrected chi connectivity index (χ2v) is 7.12. The summed E-state index contributed by atoms with van der Waals surface area (Å²) < 4.78 is 5.36. The summed E-state index contributed by atoms with van der Waals surface area (Å²) in [5.41, 5.74) is 5.86. The van der Waals surface area contributed by atoms with E-state index in [4.69, 9.17) is 4.74 Å². The summed E-state index contributed by atoms with van der Waals surface area (Å²) in [5, 5.41) is 6.43. The molecule has 0 aliphatic rings. The van der Waals surface area contributed by atoms with Crippen LogP contribution in [0.25, 0.3) is 0 Å². The van der Waals surface area contributed by atoms with Gasteiger partial charge in [0.05, 0.1) is 18.3 Å². The summed E-state index contributed by atoms with van der Waals surface area (Å²) in [6, 6.07) is 21.0. The van der Waals surface area contributed by atoms with Crippen LogP contribution in [-0.2, 0) is 4.79 Å². The summed E-state index contributed by atoms with van der Waals surface area (Å²) in [6.45, 7) is 3.54. The van der Waals surface area contributed by atoms with Gasteiger partial charge in [-0.1, -0.05) is 35.9 Å². The van der Waals surface area contributed by atoms with Crippen LogP contribution in [0.3, 0.4) is 0 Å². The van der Waals surface area contributed by atoms with E-state index < -0.39 is 11.9 Å². The Hall–Kier alpha value is -4.26. The van der Waals surface area contributed by atoms with Crippen LogP contribution in [-0.4, -0.2) is 30.5 Å². The quantitative estimate of drug-likeness (QED) is 0.260. The van der Waals surface area contributed by atoms with E-state index in [0.29, 0.717) is 22.4 Å². The lowest BCUT2D eigenvalue weighted by Gasteiger charge is -2.06. The number of esters is 1. The molecule has 0 heterocycles. The molecule has 162 valence electrons. The molecular weight excluding hydrogens is 406 g/mol. The average Bonchev–Trinajstić information content (AvgIpc) is 2.79. The van der Waals surface area contributed by atoms with E-state index in [2.05, 4.69) is 15.8 Å². The molecule has 0 saturated heterocycles. The molecular formula is C25H23N3O4. The highest BCUT2D eigenvalue weighted by molar-refractivity contribution is 5.97. The van der Waals surface area contributed by atoms with E-state index in [9.17, 15) is 14.4 Å². The Kier molecular flexibility index (Phi) is 7.48. The van der Waals surface area contributed by atoms with Crippen LogP contribution in [0.5, 0.6) is 5.75 Å². The van der Waals surface area contributed by atoms with Gasteiger partial charge in [0.1, 0.15) is 5.75 Å². The maximum atomic E-state index is 12.2. The number of ether oxygens (including phenoxy) is 1. The van der Waals surface area contributed by atoms with Crippen LogP contribution >= 0.6 is 0 Å². The SMILES string of the molecule is Cc1cccc(C(=O)Oc2ccc(/C=N\NC(=O)CNC(=O)c3ccccc3C)cc2)c1. The van der Waals surface area contributed by atoms with Crippen molar-refractivity contribution in [1.82, 2.24) is 10.7 Å². The number of amides is 2. The van der Waals surface area contributed by atoms with Gasteiger partial charge in [-0.15, -0.1) is 0 Å². The lowest BCUT2D eigenvalue weighted by Crippen LogP contribution is -2.35. The summed E-state index contributed by atoms with van der Waals surface area (Å²) >= 11 is 0. The van der Waals surface area contributed by atoms with Gasteiger partial charge in [0.15, 0.2) is 0 Å². The molecule has 0 unspecified atom stereocenters. The molecule has 0 radical (unpaired) electrons. The van der Waals surface area contributed by atoms with E-state index in [-0.39, 0.29) is 12.5 Å². The van der Waals surface area contributed by atoms with Crippen molar-refractivity contribution < 1.29 is 19.1 Å². The molecule has 0 aliphatic heterocycles. The number of hydrogen-bond acceptors (Lipinski definition) is 5. The number of carbonyl (C=O) groups excluding carboxylic acids is 3. The first-order valence-electron chi connectivity index (χ1n) is 9.97. The fourth-order valence-electron chi connectivity index (χ4n) is 2.86. The Morgan fingerprint density at radius 2 is 1.69 bits per heavy atom. The number of aryl methyl sites for hydroxylation is 2. The minimum Gasteiger partial charge on any atom is -0.423 e. The third-order valence-electron chi connectivity index (χ3n) is 4.55. The number of rotatable bonds is 7. The zero-order valence-corrected chi connectivity index (χ0v) is 17.8. The highest BCUT2D eigenvalue weighted by Crippen LogP contribution is 2.14. The van der Waals surface area contributed by atoms with Gasteiger partial charge in [-0.05, 0) is 67.4 Å². The zero-order chi connectivity index (χ0) is 22.9. The monoisotopic (exact) mass is 429 g/mol. The fourth-order valence-corrected chi connectivity index (χ4v) is 2.86. The van der Waals surface area contributed by atoms with Gasteiger partial charge in [-0.2, -0.15) is 5.10 Å². The number of benzene rings is 3. The fraction of sp³-hybridized carbons (Fsp3) is 0.120. The molecule has 7 heteroatoms.